The Balaban J connectivity index is 4.96. The Bertz CT molecular complexity index is 421. The van der Waals surface area contributed by atoms with Gasteiger partial charge in [0.2, 0.25) is 5.91 Å². The second-order valence-electron chi connectivity index (χ2n) is 5.82. The summed E-state index contributed by atoms with van der Waals surface area (Å²) in [6.07, 6.45) is -0.226. The van der Waals surface area contributed by atoms with Crippen LogP contribution in [0, 0.1) is 11.3 Å². The molecule has 0 saturated heterocycles. The number of esters is 1. The maximum Gasteiger partial charge on any atom is 0.328 e. The number of carbonyl (C=O) groups excluding carboxylic acids is 3. The fourth-order valence-electron chi connectivity index (χ4n) is 1.93. The van der Waals surface area contributed by atoms with E-state index in [1.54, 1.807) is 20.8 Å². The van der Waals surface area contributed by atoms with Crippen molar-refractivity contribution >= 4 is 23.9 Å². The molecule has 0 saturated carbocycles. The zero-order valence-corrected chi connectivity index (χ0v) is 14.5. The summed E-state index contributed by atoms with van der Waals surface area (Å²) in [5.74, 6) is -1.47. The van der Waals surface area contributed by atoms with Gasteiger partial charge < -0.3 is 20.2 Å². The molecule has 0 rings (SSSR count). The molecule has 0 aliphatic carbocycles. The topological polar surface area (TPSA) is 106 Å². The van der Waals surface area contributed by atoms with Crippen LogP contribution < -0.4 is 5.32 Å². The van der Waals surface area contributed by atoms with E-state index < -0.39 is 29.8 Å². The molecule has 0 unspecified atom stereocenters. The zero-order chi connectivity index (χ0) is 18.0. The van der Waals surface area contributed by atoms with E-state index in [4.69, 9.17) is 14.9 Å². The first-order valence-corrected chi connectivity index (χ1v) is 7.88. The van der Waals surface area contributed by atoms with E-state index in [0.717, 1.165) is 0 Å². The first kappa shape index (κ1) is 21.2. The van der Waals surface area contributed by atoms with Crippen LogP contribution in [0.4, 0.5) is 0 Å². The van der Waals surface area contributed by atoms with E-state index in [9.17, 15) is 14.4 Å². The van der Waals surface area contributed by atoms with Gasteiger partial charge >= 0.3 is 5.97 Å². The molecule has 0 fully saturated rings. The van der Waals surface area contributed by atoms with E-state index >= 15 is 0 Å². The Kier molecular flexibility index (Phi) is 10.0. The molecule has 2 atom stereocenters. The molecule has 0 bridgehead atoms. The Morgan fingerprint density at radius 3 is 2.22 bits per heavy atom. The monoisotopic (exact) mass is 328 g/mol. The van der Waals surface area contributed by atoms with Crippen LogP contribution in [0.3, 0.4) is 0 Å². The maximum atomic E-state index is 12.3. The van der Waals surface area contributed by atoms with Gasteiger partial charge in [-0.05, 0) is 33.1 Å². The molecule has 0 aliphatic rings. The zero-order valence-electron chi connectivity index (χ0n) is 14.5. The number of hydrogen-bond donors (Lipinski definition) is 2. The Hall–Kier alpha value is -1.76. The standard InChI is InChI=1S/C16H28N2O5/c1-6-22-14(10(2)3)15(20)18-13(8-7-12(19)9-17)16(21)23-11(4)5/h9-11,13-14,17H,6-8H2,1-5H3,(H,18,20)/t13-,14-/m0/s1. The minimum absolute atomic E-state index is 0.0113. The van der Waals surface area contributed by atoms with E-state index in [-0.39, 0.29) is 24.9 Å². The van der Waals surface area contributed by atoms with Crippen LogP contribution >= 0.6 is 0 Å². The Labute approximate surface area is 137 Å². The summed E-state index contributed by atoms with van der Waals surface area (Å²) < 4.78 is 10.5. The van der Waals surface area contributed by atoms with Crippen LogP contribution in [0.5, 0.6) is 0 Å². The smallest absolute Gasteiger partial charge is 0.328 e. The highest BCUT2D eigenvalue weighted by molar-refractivity contribution is 6.26. The highest BCUT2D eigenvalue weighted by Crippen LogP contribution is 2.09. The van der Waals surface area contributed by atoms with Crippen LogP contribution in [0.15, 0.2) is 0 Å². The maximum absolute atomic E-state index is 12.3. The van der Waals surface area contributed by atoms with Crippen molar-refractivity contribution in [2.24, 2.45) is 5.92 Å². The summed E-state index contributed by atoms with van der Waals surface area (Å²) >= 11 is 0. The van der Waals surface area contributed by atoms with E-state index in [2.05, 4.69) is 5.32 Å². The number of ether oxygens (including phenoxy) is 2. The lowest BCUT2D eigenvalue weighted by molar-refractivity contribution is -0.153. The van der Waals surface area contributed by atoms with Gasteiger partial charge in [0.25, 0.3) is 0 Å². The van der Waals surface area contributed by atoms with Gasteiger partial charge in [-0.3, -0.25) is 9.59 Å². The van der Waals surface area contributed by atoms with Gasteiger partial charge in [0, 0.05) is 13.0 Å². The van der Waals surface area contributed by atoms with Gasteiger partial charge in [-0.2, -0.15) is 0 Å². The molecular formula is C16H28N2O5. The van der Waals surface area contributed by atoms with Crippen LogP contribution in [-0.2, 0) is 23.9 Å². The van der Waals surface area contributed by atoms with Crippen LogP contribution in [0.25, 0.3) is 0 Å². The minimum atomic E-state index is -0.935. The highest BCUT2D eigenvalue weighted by Gasteiger charge is 2.29. The number of ketones is 1. The predicted molar refractivity (Wildman–Crippen MR) is 86.4 cm³/mol. The number of hydrogen-bond acceptors (Lipinski definition) is 6. The average Bonchev–Trinajstić information content (AvgIpc) is 2.46. The van der Waals surface area contributed by atoms with Gasteiger partial charge in [0.15, 0.2) is 5.78 Å². The molecule has 1 amide bonds. The van der Waals surface area contributed by atoms with Gasteiger partial charge in [0.05, 0.1) is 12.3 Å². The van der Waals surface area contributed by atoms with Crippen LogP contribution in [0.1, 0.15) is 47.5 Å². The summed E-state index contributed by atoms with van der Waals surface area (Å²) in [7, 11) is 0. The summed E-state index contributed by atoms with van der Waals surface area (Å²) in [6.45, 7) is 9.27. The largest absolute Gasteiger partial charge is 0.461 e. The third-order valence-electron chi connectivity index (χ3n) is 3.00. The van der Waals surface area contributed by atoms with E-state index in [1.807, 2.05) is 13.8 Å². The predicted octanol–water partition coefficient (Wildman–Crippen LogP) is 1.48. The van der Waals surface area contributed by atoms with E-state index in [0.29, 0.717) is 12.8 Å². The molecule has 0 spiro atoms. The SMILES string of the molecule is CCO[C@H](C(=O)N[C@@H](CCC(=O)C=N)C(=O)OC(C)C)C(C)C. The molecule has 132 valence electrons. The molecule has 0 radical (unpaired) electrons. The first-order valence-electron chi connectivity index (χ1n) is 7.88. The fraction of sp³-hybridized carbons (Fsp3) is 0.750. The van der Waals surface area contributed by atoms with Crippen molar-refractivity contribution < 1.29 is 23.9 Å². The van der Waals surface area contributed by atoms with Crippen LogP contribution in [0.2, 0.25) is 0 Å². The van der Waals surface area contributed by atoms with Gasteiger partial charge in [0.1, 0.15) is 12.1 Å². The van der Waals surface area contributed by atoms with Crippen molar-refractivity contribution in [2.45, 2.75) is 65.7 Å². The Morgan fingerprint density at radius 2 is 1.78 bits per heavy atom. The number of Topliss-reactive ketones (excluding diaryl/α,β-unsaturated/α-hetero) is 1. The normalized spacial score (nSPS) is 13.5. The quantitative estimate of drug-likeness (QED) is 0.441. The van der Waals surface area contributed by atoms with Crippen LogP contribution in [-0.4, -0.2) is 48.7 Å². The molecule has 0 aromatic rings. The van der Waals surface area contributed by atoms with Crippen molar-refractivity contribution in [3.05, 3.63) is 0 Å². The molecule has 2 N–H and O–H groups in total. The fourth-order valence-corrected chi connectivity index (χ4v) is 1.93. The molecule has 7 heteroatoms. The summed E-state index contributed by atoms with van der Waals surface area (Å²) in [5.41, 5.74) is 0. The third-order valence-corrected chi connectivity index (χ3v) is 3.00. The summed E-state index contributed by atoms with van der Waals surface area (Å²) in [6, 6.07) is -0.935. The van der Waals surface area contributed by atoms with Crippen molar-refractivity contribution in [3.63, 3.8) is 0 Å². The lowest BCUT2D eigenvalue weighted by Crippen LogP contribution is -2.49. The molecule has 0 aromatic heterocycles. The van der Waals surface area contributed by atoms with Crippen molar-refractivity contribution in [2.75, 3.05) is 6.61 Å². The number of carbonyl (C=O) groups is 3. The van der Waals surface area contributed by atoms with Gasteiger partial charge in [-0.15, -0.1) is 0 Å². The molecule has 0 aliphatic heterocycles. The van der Waals surface area contributed by atoms with Crippen molar-refractivity contribution in [3.8, 4) is 0 Å². The molecular weight excluding hydrogens is 300 g/mol. The highest BCUT2D eigenvalue weighted by atomic mass is 16.5. The lowest BCUT2D eigenvalue weighted by atomic mass is 10.0. The molecule has 0 heterocycles. The Morgan fingerprint density at radius 1 is 1.17 bits per heavy atom. The van der Waals surface area contributed by atoms with E-state index in [1.165, 1.54) is 0 Å². The van der Waals surface area contributed by atoms with Crippen molar-refractivity contribution in [1.82, 2.24) is 5.32 Å². The second-order valence-corrected chi connectivity index (χ2v) is 5.82. The molecule has 7 nitrogen and oxygen atoms in total. The van der Waals surface area contributed by atoms with Gasteiger partial charge in [-0.25, -0.2) is 4.79 Å². The molecule has 0 aromatic carbocycles. The third kappa shape index (κ3) is 8.44. The average molecular weight is 328 g/mol. The molecule has 23 heavy (non-hydrogen) atoms. The minimum Gasteiger partial charge on any atom is -0.461 e. The van der Waals surface area contributed by atoms with Crippen molar-refractivity contribution in [1.29, 1.82) is 5.41 Å². The summed E-state index contributed by atoms with van der Waals surface area (Å²) in [5, 5.41) is 9.50. The second kappa shape index (κ2) is 10.9. The number of rotatable bonds is 11. The van der Waals surface area contributed by atoms with Gasteiger partial charge in [-0.1, -0.05) is 13.8 Å². The number of amides is 1. The first-order chi connectivity index (χ1) is 10.7. The summed E-state index contributed by atoms with van der Waals surface area (Å²) in [4.78, 5) is 35.7. The lowest BCUT2D eigenvalue weighted by Gasteiger charge is -2.24. The number of nitrogens with one attached hydrogen (secondary N) is 2.